The van der Waals surface area contributed by atoms with Gasteiger partial charge in [-0.15, -0.1) is 0 Å². The molecular weight excluding hydrogens is 222 g/mol. The van der Waals surface area contributed by atoms with E-state index in [1.165, 1.54) is 7.11 Å². The largest absolute Gasteiger partial charge is 0.466 e. The fraction of sp³-hybridized carbons (Fsp3) is 0.750. The van der Waals surface area contributed by atoms with Gasteiger partial charge in [-0.1, -0.05) is 13.0 Å². The number of thioether (sulfide) groups is 1. The quantitative estimate of drug-likeness (QED) is 0.526. The Kier molecular flexibility index (Phi) is 9.43. The van der Waals surface area contributed by atoms with Crippen molar-refractivity contribution in [2.45, 2.75) is 32.7 Å². The van der Waals surface area contributed by atoms with E-state index in [0.29, 0.717) is 12.5 Å². The zero-order valence-electron chi connectivity index (χ0n) is 10.7. The van der Waals surface area contributed by atoms with Crippen molar-refractivity contribution in [2.75, 3.05) is 25.7 Å². The number of hydrogen-bond donors (Lipinski definition) is 1. The highest BCUT2D eigenvalue weighted by molar-refractivity contribution is 7.98. The molecule has 0 saturated carbocycles. The van der Waals surface area contributed by atoms with Crippen molar-refractivity contribution in [3.63, 3.8) is 0 Å². The molecule has 0 amide bonds. The summed E-state index contributed by atoms with van der Waals surface area (Å²) in [6.07, 6.45) is 5.89. The second-order valence-corrected chi connectivity index (χ2v) is 4.65. The predicted molar refractivity (Wildman–Crippen MR) is 70.9 cm³/mol. The van der Waals surface area contributed by atoms with E-state index in [1.807, 2.05) is 24.8 Å². The van der Waals surface area contributed by atoms with Crippen LogP contribution in [0.25, 0.3) is 0 Å². The van der Waals surface area contributed by atoms with Gasteiger partial charge in [0.15, 0.2) is 0 Å². The molecule has 0 radical (unpaired) electrons. The normalized spacial score (nSPS) is 13.6. The van der Waals surface area contributed by atoms with Crippen LogP contribution >= 0.6 is 11.8 Å². The van der Waals surface area contributed by atoms with E-state index < -0.39 is 0 Å². The lowest BCUT2D eigenvalue weighted by molar-refractivity contribution is -0.136. The summed E-state index contributed by atoms with van der Waals surface area (Å²) >= 11 is 1.85. The number of ether oxygens (including phenoxy) is 1. The molecule has 16 heavy (non-hydrogen) atoms. The van der Waals surface area contributed by atoms with Crippen LogP contribution in [-0.2, 0) is 9.53 Å². The minimum absolute atomic E-state index is 0.221. The predicted octanol–water partition coefficient (Wildman–Crippen LogP) is 2.23. The second-order valence-electron chi connectivity index (χ2n) is 3.67. The standard InChI is InChI=1S/C12H23NO2S/c1-5-11(12(14)15-3)6-8-13-10(2)7-9-16-4/h6,10,13H,5,7-9H2,1-4H3. The minimum Gasteiger partial charge on any atom is -0.466 e. The third-order valence-electron chi connectivity index (χ3n) is 2.40. The molecule has 0 aromatic carbocycles. The van der Waals surface area contributed by atoms with Crippen LogP contribution < -0.4 is 5.32 Å². The van der Waals surface area contributed by atoms with Crippen LogP contribution in [0.4, 0.5) is 0 Å². The third-order valence-corrected chi connectivity index (χ3v) is 3.04. The van der Waals surface area contributed by atoms with Gasteiger partial charge in [0.25, 0.3) is 0 Å². The topological polar surface area (TPSA) is 38.3 Å². The molecule has 0 heterocycles. The van der Waals surface area contributed by atoms with Crippen molar-refractivity contribution in [3.8, 4) is 0 Å². The monoisotopic (exact) mass is 245 g/mol. The van der Waals surface area contributed by atoms with E-state index in [-0.39, 0.29) is 5.97 Å². The Balaban J connectivity index is 3.91. The molecule has 1 N–H and O–H groups in total. The summed E-state index contributed by atoms with van der Waals surface area (Å²) in [7, 11) is 1.42. The Labute approximate surface area is 103 Å². The molecule has 0 aromatic rings. The van der Waals surface area contributed by atoms with Gasteiger partial charge in [-0.25, -0.2) is 4.79 Å². The Morgan fingerprint density at radius 3 is 2.75 bits per heavy atom. The van der Waals surface area contributed by atoms with Crippen molar-refractivity contribution >= 4 is 17.7 Å². The SMILES string of the molecule is CCC(=CCNC(C)CCSC)C(=O)OC. The van der Waals surface area contributed by atoms with Gasteiger partial charge in [-0.05, 0) is 31.8 Å². The van der Waals surface area contributed by atoms with Crippen molar-refractivity contribution in [1.29, 1.82) is 0 Å². The molecular formula is C12H23NO2S. The molecule has 1 atom stereocenters. The Morgan fingerprint density at radius 1 is 1.56 bits per heavy atom. The highest BCUT2D eigenvalue weighted by Crippen LogP contribution is 2.03. The smallest absolute Gasteiger partial charge is 0.333 e. The van der Waals surface area contributed by atoms with Gasteiger partial charge in [-0.3, -0.25) is 0 Å². The van der Waals surface area contributed by atoms with Gasteiger partial charge in [0.1, 0.15) is 0 Å². The zero-order chi connectivity index (χ0) is 12.4. The average Bonchev–Trinajstić information content (AvgIpc) is 2.31. The number of carbonyl (C=O) groups is 1. The Morgan fingerprint density at radius 2 is 2.25 bits per heavy atom. The summed E-state index contributed by atoms with van der Waals surface area (Å²) in [6.45, 7) is 4.85. The second kappa shape index (κ2) is 9.73. The fourth-order valence-corrected chi connectivity index (χ4v) is 1.87. The van der Waals surface area contributed by atoms with E-state index in [1.54, 1.807) is 0 Å². The first-order valence-corrected chi connectivity index (χ1v) is 7.04. The summed E-state index contributed by atoms with van der Waals surface area (Å²) in [5, 5.41) is 3.36. The van der Waals surface area contributed by atoms with Crippen molar-refractivity contribution < 1.29 is 9.53 Å². The number of methoxy groups -OCH3 is 1. The summed E-state index contributed by atoms with van der Waals surface area (Å²) in [6, 6.07) is 0.486. The van der Waals surface area contributed by atoms with E-state index in [9.17, 15) is 4.79 Å². The van der Waals surface area contributed by atoms with Crippen LogP contribution in [0.2, 0.25) is 0 Å². The molecule has 4 heteroatoms. The molecule has 0 saturated heterocycles. The first-order chi connectivity index (χ1) is 7.65. The maximum Gasteiger partial charge on any atom is 0.333 e. The molecule has 0 aliphatic carbocycles. The van der Waals surface area contributed by atoms with Gasteiger partial charge in [0, 0.05) is 18.2 Å². The Bertz CT molecular complexity index is 229. The van der Waals surface area contributed by atoms with E-state index in [4.69, 9.17) is 0 Å². The number of esters is 1. The molecule has 0 aliphatic rings. The van der Waals surface area contributed by atoms with Gasteiger partial charge in [0.05, 0.1) is 7.11 Å². The van der Waals surface area contributed by atoms with Gasteiger partial charge >= 0.3 is 5.97 Å². The number of rotatable bonds is 8. The molecule has 0 fully saturated rings. The molecule has 0 rings (SSSR count). The van der Waals surface area contributed by atoms with Crippen molar-refractivity contribution in [2.24, 2.45) is 0 Å². The first-order valence-electron chi connectivity index (χ1n) is 5.65. The van der Waals surface area contributed by atoms with E-state index >= 15 is 0 Å². The van der Waals surface area contributed by atoms with Crippen molar-refractivity contribution in [1.82, 2.24) is 5.32 Å². The molecule has 1 unspecified atom stereocenters. The van der Waals surface area contributed by atoms with Crippen LogP contribution in [0, 0.1) is 0 Å². The van der Waals surface area contributed by atoms with Gasteiger partial charge in [-0.2, -0.15) is 11.8 Å². The third kappa shape index (κ3) is 6.90. The van der Waals surface area contributed by atoms with Gasteiger partial charge in [0.2, 0.25) is 0 Å². The van der Waals surface area contributed by atoms with Crippen LogP contribution in [-0.4, -0.2) is 37.7 Å². The fourth-order valence-electron chi connectivity index (χ4n) is 1.28. The summed E-state index contributed by atoms with van der Waals surface area (Å²) in [5.41, 5.74) is 0.743. The lowest BCUT2D eigenvalue weighted by atomic mass is 10.2. The molecule has 3 nitrogen and oxygen atoms in total. The lowest BCUT2D eigenvalue weighted by Crippen LogP contribution is -2.27. The molecule has 0 bridgehead atoms. The summed E-state index contributed by atoms with van der Waals surface area (Å²) in [4.78, 5) is 11.3. The minimum atomic E-state index is -0.221. The number of nitrogens with one attached hydrogen (secondary N) is 1. The Hall–Kier alpha value is -0.480. The number of carbonyl (C=O) groups excluding carboxylic acids is 1. The van der Waals surface area contributed by atoms with E-state index in [0.717, 1.165) is 24.3 Å². The number of hydrogen-bond acceptors (Lipinski definition) is 4. The van der Waals surface area contributed by atoms with E-state index in [2.05, 4.69) is 23.2 Å². The van der Waals surface area contributed by atoms with Crippen molar-refractivity contribution in [3.05, 3.63) is 11.6 Å². The molecule has 94 valence electrons. The maximum atomic E-state index is 11.3. The highest BCUT2D eigenvalue weighted by Gasteiger charge is 2.06. The average molecular weight is 245 g/mol. The lowest BCUT2D eigenvalue weighted by Gasteiger charge is -2.11. The summed E-state index contributed by atoms with van der Waals surface area (Å²) in [5.74, 6) is 0.941. The molecule has 0 aliphatic heterocycles. The molecule has 0 aromatic heterocycles. The van der Waals surface area contributed by atoms with Gasteiger partial charge < -0.3 is 10.1 Å². The zero-order valence-corrected chi connectivity index (χ0v) is 11.5. The maximum absolute atomic E-state index is 11.3. The first kappa shape index (κ1) is 15.5. The van der Waals surface area contributed by atoms with Crippen LogP contribution in [0.15, 0.2) is 11.6 Å². The van der Waals surface area contributed by atoms with Crippen LogP contribution in [0.3, 0.4) is 0 Å². The summed E-state index contributed by atoms with van der Waals surface area (Å²) < 4.78 is 4.69. The van der Waals surface area contributed by atoms with Crippen LogP contribution in [0.1, 0.15) is 26.7 Å². The van der Waals surface area contributed by atoms with Crippen LogP contribution in [0.5, 0.6) is 0 Å². The molecule has 0 spiro atoms. The highest BCUT2D eigenvalue weighted by atomic mass is 32.2.